The van der Waals surface area contributed by atoms with Gasteiger partial charge in [-0.1, -0.05) is 43.2 Å². The van der Waals surface area contributed by atoms with E-state index in [2.05, 4.69) is 4.72 Å². The number of fused-ring (bicyclic) bond motifs is 2. The second kappa shape index (κ2) is 5.07. The maximum absolute atomic E-state index is 12.7. The van der Waals surface area contributed by atoms with Gasteiger partial charge in [-0.3, -0.25) is 4.79 Å². The van der Waals surface area contributed by atoms with Gasteiger partial charge >= 0.3 is 0 Å². The Hall–Kier alpha value is -1.36. The molecule has 0 aliphatic heterocycles. The lowest BCUT2D eigenvalue weighted by Crippen LogP contribution is -2.41. The summed E-state index contributed by atoms with van der Waals surface area (Å²) in [7, 11) is -3.70. The van der Waals surface area contributed by atoms with Gasteiger partial charge in [0.1, 0.15) is 5.78 Å². The summed E-state index contributed by atoms with van der Waals surface area (Å²) in [5.74, 6) is 0.264. The van der Waals surface area contributed by atoms with Gasteiger partial charge in [-0.25, -0.2) is 8.42 Å². The van der Waals surface area contributed by atoms with Gasteiger partial charge in [0.05, 0.1) is 10.0 Å². The Labute approximate surface area is 138 Å². The first-order valence-electron chi connectivity index (χ1n) is 8.14. The first-order valence-corrected chi connectivity index (χ1v) is 9.75. The molecule has 23 heavy (non-hydrogen) atoms. The number of rotatable bonds is 4. The molecule has 2 unspecified atom stereocenters. The third-order valence-corrected chi connectivity index (χ3v) is 7.49. The number of aryl methyl sites for hydroxylation is 2. The van der Waals surface area contributed by atoms with Crippen LogP contribution in [0.2, 0.25) is 0 Å². The van der Waals surface area contributed by atoms with E-state index in [0.29, 0.717) is 24.4 Å². The molecule has 0 N–H and O–H groups in total. The maximum Gasteiger partial charge on any atom is 0.140 e. The van der Waals surface area contributed by atoms with E-state index in [4.69, 9.17) is 0 Å². The molecule has 0 saturated heterocycles. The van der Waals surface area contributed by atoms with Gasteiger partial charge < -0.3 is 4.72 Å². The fourth-order valence-electron chi connectivity index (χ4n) is 4.51. The van der Waals surface area contributed by atoms with Crippen molar-refractivity contribution >= 4 is 21.5 Å². The second-order valence-corrected chi connectivity index (χ2v) is 9.41. The number of benzene rings is 1. The number of hydrogen-bond acceptors (Lipinski definition) is 3. The summed E-state index contributed by atoms with van der Waals surface area (Å²) in [4.78, 5) is 12.5. The highest BCUT2D eigenvalue weighted by atomic mass is 32.2. The monoisotopic (exact) mass is 334 g/mol. The molecule has 2 aliphatic carbocycles. The van der Waals surface area contributed by atoms with Crippen LogP contribution in [0.4, 0.5) is 5.69 Å². The van der Waals surface area contributed by atoms with Crippen LogP contribution in [0.3, 0.4) is 0 Å². The number of sulfonamides is 1. The van der Waals surface area contributed by atoms with E-state index >= 15 is 0 Å². The number of Topliss-reactive ketones (excluding diaryl/α,β-unsaturated/α-hetero) is 1. The van der Waals surface area contributed by atoms with Crippen molar-refractivity contribution in [1.82, 2.24) is 0 Å². The summed E-state index contributed by atoms with van der Waals surface area (Å²) in [6, 6.07) is 5.51. The molecule has 2 aliphatic rings. The van der Waals surface area contributed by atoms with E-state index < -0.39 is 15.4 Å². The highest BCUT2D eigenvalue weighted by Gasteiger charge is 2.64. The van der Waals surface area contributed by atoms with Crippen LogP contribution >= 0.6 is 0 Å². The van der Waals surface area contributed by atoms with Crippen LogP contribution in [-0.2, 0) is 14.8 Å². The molecule has 0 aromatic heterocycles. The van der Waals surface area contributed by atoms with Crippen LogP contribution in [-0.4, -0.2) is 20.0 Å². The minimum absolute atomic E-state index is 0.109. The van der Waals surface area contributed by atoms with Gasteiger partial charge in [-0.05, 0) is 38.0 Å². The summed E-state index contributed by atoms with van der Waals surface area (Å²) in [6.45, 7) is 7.91. The van der Waals surface area contributed by atoms with Crippen LogP contribution in [0.1, 0.15) is 44.2 Å². The third kappa shape index (κ3) is 2.49. The Morgan fingerprint density at radius 2 is 1.96 bits per heavy atom. The van der Waals surface area contributed by atoms with Crippen molar-refractivity contribution < 1.29 is 13.2 Å². The molecule has 2 bridgehead atoms. The minimum atomic E-state index is -3.70. The van der Waals surface area contributed by atoms with E-state index in [1.165, 1.54) is 0 Å². The quantitative estimate of drug-likeness (QED) is 0.835. The molecule has 2 saturated carbocycles. The van der Waals surface area contributed by atoms with Crippen LogP contribution < -0.4 is 0 Å². The average Bonchev–Trinajstić information content (AvgIpc) is 2.75. The maximum atomic E-state index is 12.7. The molecule has 5 heteroatoms. The Morgan fingerprint density at radius 3 is 2.48 bits per heavy atom. The summed E-state index contributed by atoms with van der Waals surface area (Å²) < 4.78 is 29.4. The fraction of sp³-hybridized carbons (Fsp3) is 0.611. The van der Waals surface area contributed by atoms with Gasteiger partial charge in [0.15, 0.2) is 0 Å². The van der Waals surface area contributed by atoms with Gasteiger partial charge in [-0.15, -0.1) is 5.69 Å². The van der Waals surface area contributed by atoms with E-state index in [1.807, 2.05) is 39.8 Å². The zero-order chi connectivity index (χ0) is 17.0. The van der Waals surface area contributed by atoms with E-state index in [0.717, 1.165) is 17.5 Å². The number of carbonyl (C=O) groups is 1. The van der Waals surface area contributed by atoms with Crippen LogP contribution in [0.5, 0.6) is 0 Å². The Bertz CT molecular complexity index is 766. The lowest BCUT2D eigenvalue weighted by atomic mass is 9.70. The molecule has 126 valence electrons. The number of nitrogens with zero attached hydrogens (tertiary/aromatic N) is 1. The first-order chi connectivity index (χ1) is 10.6. The lowest BCUT2D eigenvalue weighted by molar-refractivity contribution is -0.128. The smallest absolute Gasteiger partial charge is 0.140 e. The molecule has 0 amide bonds. The fourth-order valence-corrected chi connectivity index (χ4v) is 6.38. The highest BCUT2D eigenvalue weighted by Crippen LogP contribution is 2.64. The third-order valence-electron chi connectivity index (χ3n) is 6.16. The van der Waals surface area contributed by atoms with Crippen molar-refractivity contribution in [3.05, 3.63) is 34.0 Å². The lowest BCUT2D eigenvalue weighted by Gasteiger charge is -2.39. The normalized spacial score (nSPS) is 29.0. The molecular weight excluding hydrogens is 310 g/mol. The van der Waals surface area contributed by atoms with Gasteiger partial charge in [0.25, 0.3) is 0 Å². The Kier molecular flexibility index (Phi) is 3.63. The number of hydrogen-bond donors (Lipinski definition) is 0. The predicted octanol–water partition coefficient (Wildman–Crippen LogP) is 4.03. The molecule has 1 aromatic carbocycles. The molecule has 0 spiro atoms. The standard InChI is InChI=1S/C18H24NO3S/c1-12-5-6-15(13(2)9-12)19-23(21,22)11-18-8-7-14(10-16(18)20)17(18,3)4/h5-6,9,14H,7-8,10-11H2,1-4H3/q-1. The Balaban J connectivity index is 1.88. The largest absolute Gasteiger partial charge is 0.577 e. The van der Waals surface area contributed by atoms with Crippen molar-refractivity contribution in [2.24, 2.45) is 16.7 Å². The topological polar surface area (TPSA) is 65.3 Å². The molecule has 4 nitrogen and oxygen atoms in total. The van der Waals surface area contributed by atoms with Gasteiger partial charge in [0, 0.05) is 17.6 Å². The zero-order valence-electron chi connectivity index (χ0n) is 14.2. The molecule has 0 heterocycles. The van der Waals surface area contributed by atoms with E-state index in [-0.39, 0.29) is 17.0 Å². The van der Waals surface area contributed by atoms with E-state index in [9.17, 15) is 13.2 Å². The summed E-state index contributed by atoms with van der Waals surface area (Å²) >= 11 is 0. The number of carbonyl (C=O) groups excluding carboxylic acids is 1. The Morgan fingerprint density at radius 1 is 1.26 bits per heavy atom. The van der Waals surface area contributed by atoms with Gasteiger partial charge in [-0.2, -0.15) is 0 Å². The first kappa shape index (κ1) is 16.5. The van der Waals surface area contributed by atoms with Crippen LogP contribution in [0, 0.1) is 30.6 Å². The predicted molar refractivity (Wildman–Crippen MR) is 91.3 cm³/mol. The van der Waals surface area contributed by atoms with Crippen molar-refractivity contribution in [3.8, 4) is 0 Å². The van der Waals surface area contributed by atoms with Crippen molar-refractivity contribution in [3.63, 3.8) is 0 Å². The van der Waals surface area contributed by atoms with Crippen molar-refractivity contribution in [2.75, 3.05) is 5.75 Å². The molecule has 3 rings (SSSR count). The van der Waals surface area contributed by atoms with Crippen molar-refractivity contribution in [2.45, 2.75) is 47.0 Å². The van der Waals surface area contributed by atoms with Gasteiger partial charge in [0.2, 0.25) is 0 Å². The molecular formula is C18H24NO3S-. The summed E-state index contributed by atoms with van der Waals surface area (Å²) in [6.07, 6.45) is 2.13. The molecule has 2 fully saturated rings. The van der Waals surface area contributed by atoms with E-state index in [1.54, 1.807) is 6.07 Å². The van der Waals surface area contributed by atoms with Crippen molar-refractivity contribution in [1.29, 1.82) is 0 Å². The summed E-state index contributed by atoms with van der Waals surface area (Å²) in [5, 5.41) is 0. The SMILES string of the molecule is Cc1ccc([N-]S(=O)(=O)CC23CCC(CC2=O)C3(C)C)c(C)c1. The zero-order valence-corrected chi connectivity index (χ0v) is 15.0. The number of ketones is 1. The highest BCUT2D eigenvalue weighted by molar-refractivity contribution is 7.94. The molecule has 1 aromatic rings. The summed E-state index contributed by atoms with van der Waals surface area (Å²) in [5.41, 5.74) is 1.38. The average molecular weight is 334 g/mol. The van der Waals surface area contributed by atoms with Crippen LogP contribution in [0.25, 0.3) is 4.72 Å². The van der Waals surface area contributed by atoms with Crippen LogP contribution in [0.15, 0.2) is 18.2 Å². The molecule has 0 radical (unpaired) electrons. The minimum Gasteiger partial charge on any atom is -0.577 e. The molecule has 2 atom stereocenters. The second-order valence-electron chi connectivity index (χ2n) is 7.77.